The fourth-order valence-corrected chi connectivity index (χ4v) is 2.76. The van der Waals surface area contributed by atoms with Crippen molar-refractivity contribution >= 4 is 17.5 Å². The third-order valence-corrected chi connectivity index (χ3v) is 4.19. The maximum absolute atomic E-state index is 13.3. The van der Waals surface area contributed by atoms with Crippen LogP contribution in [0.15, 0.2) is 48.5 Å². The van der Waals surface area contributed by atoms with E-state index in [2.05, 4.69) is 10.6 Å². The maximum Gasteiger partial charge on any atom is 0.407 e. The molecule has 1 saturated carbocycles. The number of nitrogens with zero attached hydrogens (tertiary/aromatic N) is 1. The molecule has 0 heterocycles. The lowest BCUT2D eigenvalue weighted by molar-refractivity contribution is -0.387. The molecule has 0 saturated heterocycles. The SMILES string of the molecule is O=C(NC1CC(Nc2ccc(F)c([N+](=O)[O-])c2)C1)OCc1ccccc1. The Morgan fingerprint density at radius 2 is 1.92 bits per heavy atom. The van der Waals surface area contributed by atoms with Crippen LogP contribution >= 0.6 is 0 Å². The van der Waals surface area contributed by atoms with E-state index in [1.807, 2.05) is 30.3 Å². The van der Waals surface area contributed by atoms with E-state index < -0.39 is 22.5 Å². The average Bonchev–Trinajstić information content (AvgIpc) is 2.60. The molecule has 1 aliphatic rings. The summed E-state index contributed by atoms with van der Waals surface area (Å²) < 4.78 is 18.5. The molecule has 1 fully saturated rings. The Morgan fingerprint density at radius 3 is 2.62 bits per heavy atom. The highest BCUT2D eigenvalue weighted by molar-refractivity contribution is 5.68. The van der Waals surface area contributed by atoms with Gasteiger partial charge in [-0.3, -0.25) is 10.1 Å². The summed E-state index contributed by atoms with van der Waals surface area (Å²) in [7, 11) is 0. The molecule has 1 aliphatic carbocycles. The Morgan fingerprint density at radius 1 is 1.19 bits per heavy atom. The molecular formula is C18H18FN3O4. The van der Waals surface area contributed by atoms with Crippen LogP contribution in [0.25, 0.3) is 0 Å². The van der Waals surface area contributed by atoms with Crippen molar-refractivity contribution < 1.29 is 18.8 Å². The second-order valence-corrected chi connectivity index (χ2v) is 6.14. The van der Waals surface area contributed by atoms with Crippen LogP contribution in [0.4, 0.5) is 20.6 Å². The van der Waals surface area contributed by atoms with Crippen molar-refractivity contribution in [1.29, 1.82) is 0 Å². The zero-order valence-electron chi connectivity index (χ0n) is 13.9. The second kappa shape index (κ2) is 7.81. The van der Waals surface area contributed by atoms with Crippen LogP contribution in [0, 0.1) is 15.9 Å². The van der Waals surface area contributed by atoms with Crippen LogP contribution in [-0.4, -0.2) is 23.1 Å². The van der Waals surface area contributed by atoms with Gasteiger partial charge in [-0.15, -0.1) is 0 Å². The van der Waals surface area contributed by atoms with Gasteiger partial charge in [0.05, 0.1) is 4.92 Å². The number of hydrogen-bond donors (Lipinski definition) is 2. The number of anilines is 1. The zero-order valence-corrected chi connectivity index (χ0v) is 13.9. The van der Waals surface area contributed by atoms with Gasteiger partial charge in [0, 0.05) is 23.8 Å². The Bertz CT molecular complexity index is 794. The van der Waals surface area contributed by atoms with E-state index in [9.17, 15) is 19.3 Å². The second-order valence-electron chi connectivity index (χ2n) is 6.14. The zero-order chi connectivity index (χ0) is 18.5. The summed E-state index contributed by atoms with van der Waals surface area (Å²) in [6.07, 6.45) is 0.840. The summed E-state index contributed by atoms with van der Waals surface area (Å²) >= 11 is 0. The first kappa shape index (κ1) is 17.7. The van der Waals surface area contributed by atoms with E-state index in [0.717, 1.165) is 11.6 Å². The molecule has 0 aliphatic heterocycles. The van der Waals surface area contributed by atoms with E-state index in [1.54, 1.807) is 0 Å². The number of rotatable bonds is 6. The molecule has 26 heavy (non-hydrogen) atoms. The molecule has 0 atom stereocenters. The van der Waals surface area contributed by atoms with Gasteiger partial charge in [0.2, 0.25) is 5.82 Å². The lowest BCUT2D eigenvalue weighted by Crippen LogP contribution is -2.49. The Kier molecular flexibility index (Phi) is 5.31. The fraction of sp³-hybridized carbons (Fsp3) is 0.278. The molecule has 3 rings (SSSR count). The van der Waals surface area contributed by atoms with Crippen molar-refractivity contribution in [3.05, 3.63) is 70.0 Å². The largest absolute Gasteiger partial charge is 0.445 e. The van der Waals surface area contributed by atoms with Crippen molar-refractivity contribution in [2.24, 2.45) is 0 Å². The standard InChI is InChI=1S/C18H18FN3O4/c19-16-7-6-13(10-17(16)22(24)25)20-14-8-15(9-14)21-18(23)26-11-12-4-2-1-3-5-12/h1-7,10,14-15,20H,8-9,11H2,(H,21,23). The van der Waals surface area contributed by atoms with Gasteiger partial charge in [0.25, 0.3) is 0 Å². The number of alkyl carbamates (subject to hydrolysis) is 1. The summed E-state index contributed by atoms with van der Waals surface area (Å²) in [5, 5.41) is 16.6. The van der Waals surface area contributed by atoms with Gasteiger partial charge in [-0.25, -0.2) is 4.79 Å². The van der Waals surface area contributed by atoms with Crippen molar-refractivity contribution in [1.82, 2.24) is 5.32 Å². The molecule has 8 heteroatoms. The maximum atomic E-state index is 13.3. The van der Waals surface area contributed by atoms with Crippen LogP contribution in [0.5, 0.6) is 0 Å². The summed E-state index contributed by atoms with van der Waals surface area (Å²) in [6.45, 7) is 0.209. The molecule has 136 valence electrons. The van der Waals surface area contributed by atoms with Crippen LogP contribution < -0.4 is 10.6 Å². The summed E-state index contributed by atoms with van der Waals surface area (Å²) in [4.78, 5) is 21.8. The lowest BCUT2D eigenvalue weighted by atomic mass is 9.86. The minimum Gasteiger partial charge on any atom is -0.445 e. The highest BCUT2D eigenvalue weighted by Crippen LogP contribution is 2.27. The molecule has 2 N–H and O–H groups in total. The Labute approximate surface area is 149 Å². The summed E-state index contributed by atoms with van der Waals surface area (Å²) in [5.74, 6) is -0.866. The number of ether oxygens (including phenoxy) is 1. The smallest absolute Gasteiger partial charge is 0.407 e. The van der Waals surface area contributed by atoms with Crippen molar-refractivity contribution in [2.45, 2.75) is 31.5 Å². The van der Waals surface area contributed by atoms with Gasteiger partial charge in [0.1, 0.15) is 6.61 Å². The molecule has 2 aromatic carbocycles. The lowest BCUT2D eigenvalue weighted by Gasteiger charge is -2.36. The molecule has 0 bridgehead atoms. The molecular weight excluding hydrogens is 341 g/mol. The Hall–Kier alpha value is -3.16. The predicted molar refractivity (Wildman–Crippen MR) is 93.2 cm³/mol. The van der Waals surface area contributed by atoms with Gasteiger partial charge in [-0.05, 0) is 30.5 Å². The minimum absolute atomic E-state index is 0.0220. The number of amides is 1. The first-order valence-corrected chi connectivity index (χ1v) is 8.19. The number of benzene rings is 2. The number of nitro benzene ring substituents is 1. The first-order chi connectivity index (χ1) is 12.5. The van der Waals surface area contributed by atoms with Crippen LogP contribution in [-0.2, 0) is 11.3 Å². The van der Waals surface area contributed by atoms with Gasteiger partial charge in [-0.1, -0.05) is 30.3 Å². The summed E-state index contributed by atoms with van der Waals surface area (Å²) in [6, 6.07) is 13.1. The third kappa shape index (κ3) is 4.47. The van der Waals surface area contributed by atoms with Crippen LogP contribution in [0.3, 0.4) is 0 Å². The Balaban J connectivity index is 1.41. The first-order valence-electron chi connectivity index (χ1n) is 8.19. The molecule has 7 nitrogen and oxygen atoms in total. The van der Waals surface area contributed by atoms with E-state index in [4.69, 9.17) is 4.74 Å². The quantitative estimate of drug-likeness (QED) is 0.607. The van der Waals surface area contributed by atoms with Gasteiger partial charge in [0.15, 0.2) is 0 Å². The molecule has 0 spiro atoms. The predicted octanol–water partition coefficient (Wildman–Crippen LogP) is 3.60. The monoisotopic (exact) mass is 359 g/mol. The van der Waals surface area contributed by atoms with E-state index in [0.29, 0.717) is 18.5 Å². The van der Waals surface area contributed by atoms with Crippen molar-refractivity contribution in [3.63, 3.8) is 0 Å². The number of nitrogens with one attached hydrogen (secondary N) is 2. The average molecular weight is 359 g/mol. The van der Waals surface area contributed by atoms with E-state index in [-0.39, 0.29) is 18.7 Å². The van der Waals surface area contributed by atoms with Crippen LogP contribution in [0.1, 0.15) is 18.4 Å². The number of nitro groups is 1. The topological polar surface area (TPSA) is 93.5 Å². The van der Waals surface area contributed by atoms with E-state index >= 15 is 0 Å². The fourth-order valence-electron chi connectivity index (χ4n) is 2.76. The molecule has 0 radical (unpaired) electrons. The number of hydrogen-bond acceptors (Lipinski definition) is 5. The molecule has 0 unspecified atom stereocenters. The normalized spacial score (nSPS) is 18.5. The molecule has 1 amide bonds. The van der Waals surface area contributed by atoms with Crippen molar-refractivity contribution in [2.75, 3.05) is 5.32 Å². The highest BCUT2D eigenvalue weighted by atomic mass is 19.1. The van der Waals surface area contributed by atoms with Crippen molar-refractivity contribution in [3.8, 4) is 0 Å². The van der Waals surface area contributed by atoms with Gasteiger partial charge >= 0.3 is 11.8 Å². The summed E-state index contributed by atoms with van der Waals surface area (Å²) in [5.41, 5.74) is 0.829. The number of carbonyl (C=O) groups is 1. The molecule has 2 aromatic rings. The minimum atomic E-state index is -0.866. The van der Waals surface area contributed by atoms with Crippen LogP contribution in [0.2, 0.25) is 0 Å². The highest BCUT2D eigenvalue weighted by Gasteiger charge is 2.31. The van der Waals surface area contributed by atoms with E-state index in [1.165, 1.54) is 12.1 Å². The number of halogens is 1. The number of carbonyl (C=O) groups excluding carboxylic acids is 1. The van der Waals surface area contributed by atoms with Gasteiger partial charge < -0.3 is 15.4 Å². The van der Waals surface area contributed by atoms with Gasteiger partial charge in [-0.2, -0.15) is 4.39 Å². The third-order valence-electron chi connectivity index (χ3n) is 4.19. The molecule has 0 aromatic heterocycles.